The molecule has 2 unspecified atom stereocenters. The number of hydrogen-bond donors (Lipinski definition) is 1. The summed E-state index contributed by atoms with van der Waals surface area (Å²) in [6.07, 6.45) is 9.70. The van der Waals surface area contributed by atoms with Crippen molar-refractivity contribution in [3.8, 4) is 5.75 Å². The maximum atomic E-state index is 14.4. The van der Waals surface area contributed by atoms with Gasteiger partial charge >= 0.3 is 0 Å². The minimum absolute atomic E-state index is 0.00899. The van der Waals surface area contributed by atoms with Crippen molar-refractivity contribution in [2.24, 2.45) is 11.8 Å². The number of carbonyl (C=O) groups is 3. The molecule has 2 saturated heterocycles. The average Bonchev–Trinajstić information content (AvgIpc) is 3.19. The molecule has 216 valence electrons. The smallest absolute Gasteiger partial charge is 0.249 e. The van der Waals surface area contributed by atoms with Gasteiger partial charge in [0.15, 0.2) is 0 Å². The minimum Gasteiger partial charge on any atom is -0.494 e. The van der Waals surface area contributed by atoms with Gasteiger partial charge in [0.05, 0.1) is 24.0 Å². The summed E-state index contributed by atoms with van der Waals surface area (Å²) in [5.74, 6) is -1.64. The van der Waals surface area contributed by atoms with Crippen molar-refractivity contribution in [1.29, 1.82) is 0 Å². The number of ether oxygens (including phenoxy) is 2. The Bertz CT molecular complexity index is 1200. The van der Waals surface area contributed by atoms with Gasteiger partial charge in [0.2, 0.25) is 17.7 Å². The first kappa shape index (κ1) is 28.4. The van der Waals surface area contributed by atoms with E-state index in [-0.39, 0.29) is 36.9 Å². The Hall–Kier alpha value is -3.17. The Balaban J connectivity index is 1.57. The lowest BCUT2D eigenvalue weighted by atomic mass is 9.74. The zero-order valence-electron chi connectivity index (χ0n) is 23.9. The lowest BCUT2D eigenvalue weighted by Gasteiger charge is -2.38. The molecule has 0 aromatic heterocycles. The fourth-order valence-corrected chi connectivity index (χ4v) is 7.11. The van der Waals surface area contributed by atoms with Crippen molar-refractivity contribution in [3.05, 3.63) is 48.6 Å². The van der Waals surface area contributed by atoms with E-state index in [9.17, 15) is 19.5 Å². The van der Waals surface area contributed by atoms with Gasteiger partial charge < -0.3 is 29.3 Å². The molecular formula is C31H41N3O6. The van der Waals surface area contributed by atoms with E-state index in [2.05, 4.69) is 6.92 Å². The van der Waals surface area contributed by atoms with Gasteiger partial charge in [-0.25, -0.2) is 0 Å². The molecule has 1 aromatic carbocycles. The summed E-state index contributed by atoms with van der Waals surface area (Å²) in [7, 11) is 0. The van der Waals surface area contributed by atoms with Crippen LogP contribution in [0, 0.1) is 11.8 Å². The topological polar surface area (TPSA) is 99.6 Å². The van der Waals surface area contributed by atoms with Crippen LogP contribution in [0.25, 0.3) is 0 Å². The van der Waals surface area contributed by atoms with E-state index in [0.717, 1.165) is 12.8 Å². The van der Waals surface area contributed by atoms with E-state index in [1.807, 2.05) is 74.2 Å². The highest BCUT2D eigenvalue weighted by Crippen LogP contribution is 2.57. The first-order valence-corrected chi connectivity index (χ1v) is 14.5. The number of nitrogens with zero attached hydrogens (tertiary/aromatic N) is 3. The molecule has 4 heterocycles. The van der Waals surface area contributed by atoms with E-state index in [1.165, 1.54) is 0 Å². The van der Waals surface area contributed by atoms with Crippen LogP contribution in [-0.4, -0.2) is 88.8 Å². The van der Waals surface area contributed by atoms with Crippen molar-refractivity contribution >= 4 is 23.4 Å². The predicted octanol–water partition coefficient (Wildman–Crippen LogP) is 2.93. The molecule has 1 aromatic rings. The summed E-state index contributed by atoms with van der Waals surface area (Å²) in [4.78, 5) is 48.0. The first-order chi connectivity index (χ1) is 19.2. The van der Waals surface area contributed by atoms with Crippen LogP contribution in [0.2, 0.25) is 0 Å². The van der Waals surface area contributed by atoms with Crippen molar-refractivity contribution in [3.63, 3.8) is 0 Å². The first-order valence-electron chi connectivity index (χ1n) is 14.5. The average molecular weight is 552 g/mol. The van der Waals surface area contributed by atoms with Gasteiger partial charge in [-0.2, -0.15) is 0 Å². The summed E-state index contributed by atoms with van der Waals surface area (Å²) < 4.78 is 12.4. The number of aliphatic hydroxyl groups is 1. The SMILES string of the molecule is CCCC(C)N1CC=C[C@]23O[C@]4(C)C=CCN(c5ccc(OCC)cc5)C(=O)[C@@H]4[C@H]2C(=O)N(CCCO)C3C1=O. The molecule has 9 heteroatoms. The zero-order chi connectivity index (χ0) is 28.7. The molecule has 4 aliphatic heterocycles. The van der Waals surface area contributed by atoms with Crippen LogP contribution in [-0.2, 0) is 19.1 Å². The zero-order valence-corrected chi connectivity index (χ0v) is 23.9. The molecule has 1 spiro atoms. The van der Waals surface area contributed by atoms with E-state index in [1.54, 1.807) is 9.80 Å². The Morgan fingerprint density at radius 3 is 2.42 bits per heavy atom. The Morgan fingerprint density at radius 1 is 1.02 bits per heavy atom. The van der Waals surface area contributed by atoms with E-state index < -0.39 is 29.1 Å². The van der Waals surface area contributed by atoms with Gasteiger partial charge in [-0.15, -0.1) is 0 Å². The number of carbonyl (C=O) groups excluding carboxylic acids is 3. The maximum absolute atomic E-state index is 14.4. The molecular weight excluding hydrogens is 510 g/mol. The Labute approximate surface area is 236 Å². The van der Waals surface area contributed by atoms with E-state index in [0.29, 0.717) is 37.6 Å². The van der Waals surface area contributed by atoms with Crippen LogP contribution in [0.3, 0.4) is 0 Å². The quantitative estimate of drug-likeness (QED) is 0.474. The maximum Gasteiger partial charge on any atom is 0.249 e. The predicted molar refractivity (Wildman–Crippen MR) is 151 cm³/mol. The van der Waals surface area contributed by atoms with Crippen molar-refractivity contribution in [1.82, 2.24) is 9.80 Å². The van der Waals surface area contributed by atoms with Crippen LogP contribution >= 0.6 is 0 Å². The largest absolute Gasteiger partial charge is 0.494 e. The van der Waals surface area contributed by atoms with Crippen LogP contribution in [0.5, 0.6) is 5.75 Å². The summed E-state index contributed by atoms with van der Waals surface area (Å²) in [5.41, 5.74) is -1.66. The number of rotatable bonds is 9. The molecule has 6 atom stereocenters. The van der Waals surface area contributed by atoms with Gasteiger partial charge in [0.25, 0.3) is 0 Å². The highest BCUT2D eigenvalue weighted by Gasteiger charge is 2.74. The number of hydrogen-bond acceptors (Lipinski definition) is 6. The molecule has 3 amide bonds. The highest BCUT2D eigenvalue weighted by atomic mass is 16.5. The van der Waals surface area contributed by atoms with Crippen LogP contribution in [0.15, 0.2) is 48.6 Å². The molecule has 0 radical (unpaired) electrons. The van der Waals surface area contributed by atoms with Crippen LogP contribution in [0.4, 0.5) is 5.69 Å². The van der Waals surface area contributed by atoms with Crippen LogP contribution < -0.4 is 9.64 Å². The fourth-order valence-electron chi connectivity index (χ4n) is 7.11. The second-order valence-corrected chi connectivity index (χ2v) is 11.4. The second kappa shape index (κ2) is 11.0. The number of amides is 3. The van der Waals surface area contributed by atoms with E-state index >= 15 is 0 Å². The molecule has 40 heavy (non-hydrogen) atoms. The van der Waals surface area contributed by atoms with Crippen molar-refractivity contribution in [2.75, 3.05) is 37.7 Å². The van der Waals surface area contributed by atoms with Crippen molar-refractivity contribution < 1.29 is 29.0 Å². The standard InChI is InChI=1S/C31H41N3O6/c1-5-10-21(3)32-17-8-16-31-25(28(37)34(19-9-20-35)26(31)29(32)38)24-27(36)33(18-7-15-30(24,4)40-31)22-11-13-23(14-12-22)39-6-2/h7-8,11-16,21,24-26,35H,5-6,9-10,17-20H2,1-4H3/t21?,24-,25-,26?,30+,31-/m0/s1. The van der Waals surface area contributed by atoms with Gasteiger partial charge in [0, 0.05) is 38.0 Å². The molecule has 4 aliphatic rings. The third-order valence-electron chi connectivity index (χ3n) is 8.84. The lowest BCUT2D eigenvalue weighted by Crippen LogP contribution is -2.57. The van der Waals surface area contributed by atoms with Gasteiger partial charge in [0.1, 0.15) is 17.4 Å². The summed E-state index contributed by atoms with van der Waals surface area (Å²) in [5, 5.41) is 9.61. The normalized spacial score (nSPS) is 32.1. The number of likely N-dealkylation sites (tertiary alicyclic amines) is 1. The number of benzene rings is 1. The number of anilines is 1. The molecule has 1 N–H and O–H groups in total. The minimum atomic E-state index is -1.29. The molecule has 5 rings (SSSR count). The summed E-state index contributed by atoms with van der Waals surface area (Å²) in [6.45, 7) is 9.29. The molecule has 0 saturated carbocycles. The number of aliphatic hydroxyl groups excluding tert-OH is 1. The second-order valence-electron chi connectivity index (χ2n) is 11.4. The number of fused-ring (bicyclic) bond motifs is 2. The van der Waals surface area contributed by atoms with Crippen LogP contribution in [0.1, 0.15) is 47.0 Å². The Kier molecular flexibility index (Phi) is 7.81. The lowest BCUT2D eigenvalue weighted by molar-refractivity contribution is -0.152. The van der Waals surface area contributed by atoms with Gasteiger partial charge in [-0.05, 0) is 57.9 Å². The van der Waals surface area contributed by atoms with Crippen molar-refractivity contribution in [2.45, 2.75) is 70.2 Å². The van der Waals surface area contributed by atoms with Gasteiger partial charge in [-0.3, -0.25) is 14.4 Å². The molecule has 0 bridgehead atoms. The fraction of sp³-hybridized carbons (Fsp3) is 0.581. The molecule has 2 fully saturated rings. The molecule has 9 nitrogen and oxygen atoms in total. The summed E-state index contributed by atoms with van der Waals surface area (Å²) in [6, 6.07) is 6.45. The third kappa shape index (κ3) is 4.43. The molecule has 0 aliphatic carbocycles. The monoisotopic (exact) mass is 551 g/mol. The third-order valence-corrected chi connectivity index (χ3v) is 8.84. The van der Waals surface area contributed by atoms with Gasteiger partial charge in [-0.1, -0.05) is 37.6 Å². The summed E-state index contributed by atoms with van der Waals surface area (Å²) >= 11 is 0. The highest BCUT2D eigenvalue weighted by molar-refractivity contribution is 6.04. The van der Waals surface area contributed by atoms with E-state index in [4.69, 9.17) is 9.47 Å². The Morgan fingerprint density at radius 2 is 1.75 bits per heavy atom.